The van der Waals surface area contributed by atoms with Crippen molar-refractivity contribution in [1.82, 2.24) is 26.6 Å². The van der Waals surface area contributed by atoms with Crippen LogP contribution in [0.2, 0.25) is 0 Å². The van der Waals surface area contributed by atoms with E-state index in [0.717, 1.165) is 0 Å². The molecule has 5 N–H and O–H groups in total. The quantitative estimate of drug-likeness (QED) is 0.335. The standard InChI is InChI=1S/C11H19N5O5.5H2/c1-7(17)13-4-9(19)15-6-11(21)16-5-10(20)14-3-8(18)12-2;;;;;/h3-6H2,1-2H3,(H,12,18)(H,13,17)(H,14,20)(H,15,19)(H,16,21);5*1H. The highest BCUT2D eigenvalue weighted by molar-refractivity contribution is 5.90. The fourth-order valence-corrected chi connectivity index (χ4v) is 1.02. The summed E-state index contributed by atoms with van der Waals surface area (Å²) >= 11 is 0. The van der Waals surface area contributed by atoms with E-state index in [2.05, 4.69) is 26.6 Å². The normalized spacial score (nSPS) is 9.24. The van der Waals surface area contributed by atoms with Gasteiger partial charge in [0.25, 0.3) is 0 Å². The molecule has 10 nitrogen and oxygen atoms in total. The van der Waals surface area contributed by atoms with E-state index in [1.807, 2.05) is 0 Å². The lowest BCUT2D eigenvalue weighted by molar-refractivity contribution is -0.128. The molecular weight excluding hydrogens is 282 g/mol. The molecular formula is C11H29N5O5. The zero-order valence-electron chi connectivity index (χ0n) is 11.9. The Kier molecular flexibility index (Phi) is 8.89. The second-order valence-electron chi connectivity index (χ2n) is 3.91. The van der Waals surface area contributed by atoms with Crippen molar-refractivity contribution in [2.24, 2.45) is 0 Å². The third kappa shape index (κ3) is 10.9. The lowest BCUT2D eigenvalue weighted by atomic mass is 10.4. The van der Waals surface area contributed by atoms with Crippen LogP contribution in [0.15, 0.2) is 0 Å². The van der Waals surface area contributed by atoms with E-state index in [0.29, 0.717) is 0 Å². The predicted octanol–water partition coefficient (Wildman–Crippen LogP) is -2.55. The highest BCUT2D eigenvalue weighted by atomic mass is 16.2. The minimum absolute atomic E-state index is 0. The number of carbonyl (C=O) groups excluding carboxylic acids is 5. The summed E-state index contributed by atoms with van der Waals surface area (Å²) in [6.45, 7) is 0.226. The molecule has 0 saturated carbocycles. The molecule has 0 fully saturated rings. The molecule has 21 heavy (non-hydrogen) atoms. The van der Waals surface area contributed by atoms with Gasteiger partial charge in [-0.05, 0) is 0 Å². The maximum absolute atomic E-state index is 11.3. The van der Waals surface area contributed by atoms with Crippen LogP contribution < -0.4 is 26.6 Å². The van der Waals surface area contributed by atoms with Crippen LogP contribution in [0.25, 0.3) is 0 Å². The SMILES string of the molecule is CNC(=O)CNC(=O)CNC(=O)CNC(=O)CNC(C)=O.[HH].[HH].[HH].[HH].[HH]. The number of carbonyl (C=O) groups is 5. The molecule has 0 aromatic carbocycles. The van der Waals surface area contributed by atoms with E-state index in [-0.39, 0.29) is 45.1 Å². The van der Waals surface area contributed by atoms with Gasteiger partial charge >= 0.3 is 0 Å². The first kappa shape index (κ1) is 18.4. The number of likely N-dealkylation sites (N-methyl/N-ethyl adjacent to an activating group) is 1. The maximum Gasteiger partial charge on any atom is 0.239 e. The van der Waals surface area contributed by atoms with Gasteiger partial charge in [0.1, 0.15) is 0 Å². The van der Waals surface area contributed by atoms with Gasteiger partial charge in [0.15, 0.2) is 0 Å². The largest absolute Gasteiger partial charge is 0.358 e. The van der Waals surface area contributed by atoms with Crippen molar-refractivity contribution in [3.8, 4) is 0 Å². The minimum atomic E-state index is -0.568. The summed E-state index contributed by atoms with van der Waals surface area (Å²) in [5.41, 5.74) is 0. The molecule has 0 aromatic heterocycles. The van der Waals surface area contributed by atoms with Crippen molar-refractivity contribution in [2.75, 3.05) is 33.2 Å². The summed E-state index contributed by atoms with van der Waals surface area (Å²) in [5, 5.41) is 11.4. The molecule has 0 aliphatic heterocycles. The van der Waals surface area contributed by atoms with Crippen molar-refractivity contribution >= 4 is 29.5 Å². The number of amides is 5. The molecule has 10 heteroatoms. The fourth-order valence-electron chi connectivity index (χ4n) is 1.02. The summed E-state index contributed by atoms with van der Waals surface area (Å²) in [5.74, 6) is -2.34. The molecule has 0 heterocycles. The van der Waals surface area contributed by atoms with Gasteiger partial charge in [-0.25, -0.2) is 0 Å². The second kappa shape index (κ2) is 10.2. The third-order valence-electron chi connectivity index (χ3n) is 2.12. The molecule has 0 spiro atoms. The van der Waals surface area contributed by atoms with Crippen molar-refractivity contribution in [3.05, 3.63) is 0 Å². The smallest absolute Gasteiger partial charge is 0.239 e. The zero-order chi connectivity index (χ0) is 16.3. The van der Waals surface area contributed by atoms with Gasteiger partial charge in [-0.15, -0.1) is 0 Å². The molecule has 5 amide bonds. The van der Waals surface area contributed by atoms with Crippen LogP contribution in [0.4, 0.5) is 0 Å². The lowest BCUT2D eigenvalue weighted by Crippen LogP contribution is -2.45. The van der Waals surface area contributed by atoms with Crippen molar-refractivity contribution in [2.45, 2.75) is 6.92 Å². The molecule has 0 bridgehead atoms. The number of hydrogen-bond acceptors (Lipinski definition) is 5. The van der Waals surface area contributed by atoms with Crippen LogP contribution in [-0.4, -0.2) is 62.8 Å². The van der Waals surface area contributed by atoms with Crippen molar-refractivity contribution in [1.29, 1.82) is 0 Å². The molecule has 0 rings (SSSR count). The van der Waals surface area contributed by atoms with E-state index in [9.17, 15) is 24.0 Å². The Morgan fingerprint density at radius 2 is 1.00 bits per heavy atom. The summed E-state index contributed by atoms with van der Waals surface area (Å²) in [4.78, 5) is 55.1. The molecule has 0 aliphatic rings. The predicted molar refractivity (Wildman–Crippen MR) is 82.3 cm³/mol. The highest BCUT2D eigenvalue weighted by Gasteiger charge is 2.08. The second-order valence-corrected chi connectivity index (χ2v) is 3.91. The number of rotatable bonds is 8. The first-order valence-corrected chi connectivity index (χ1v) is 6.10. The van der Waals surface area contributed by atoms with Gasteiger partial charge in [0, 0.05) is 21.1 Å². The Morgan fingerprint density at radius 3 is 1.33 bits per heavy atom. The minimum Gasteiger partial charge on any atom is -0.358 e. The summed E-state index contributed by atoms with van der Waals surface area (Å²) in [7, 11) is 1.43. The van der Waals surface area contributed by atoms with Crippen LogP contribution in [0.5, 0.6) is 0 Å². The molecule has 0 aromatic rings. The molecule has 0 atom stereocenters. The Balaban J connectivity index is -0.000000200. The van der Waals surface area contributed by atoms with E-state index in [1.165, 1.54) is 14.0 Å². The van der Waals surface area contributed by atoms with Crippen LogP contribution in [0.1, 0.15) is 14.1 Å². The maximum atomic E-state index is 11.3. The summed E-state index contributed by atoms with van der Waals surface area (Å²) < 4.78 is 0. The average Bonchev–Trinajstić information content (AvgIpc) is 2.45. The Bertz CT molecular complexity index is 442. The van der Waals surface area contributed by atoms with Gasteiger partial charge < -0.3 is 26.6 Å². The number of nitrogens with one attached hydrogen (secondary N) is 5. The average molecular weight is 311 g/mol. The van der Waals surface area contributed by atoms with Crippen molar-refractivity contribution in [3.63, 3.8) is 0 Å². The van der Waals surface area contributed by atoms with E-state index >= 15 is 0 Å². The monoisotopic (exact) mass is 311 g/mol. The summed E-state index contributed by atoms with van der Waals surface area (Å²) in [6, 6.07) is 0. The molecule has 128 valence electrons. The van der Waals surface area contributed by atoms with Gasteiger partial charge in [0.05, 0.1) is 26.2 Å². The van der Waals surface area contributed by atoms with Gasteiger partial charge in [-0.2, -0.15) is 0 Å². The first-order chi connectivity index (χ1) is 9.85. The molecule has 0 radical (unpaired) electrons. The molecule has 0 aliphatic carbocycles. The summed E-state index contributed by atoms with van der Waals surface area (Å²) in [6.07, 6.45) is 0. The van der Waals surface area contributed by atoms with Gasteiger partial charge in [-0.1, -0.05) is 0 Å². The zero-order valence-corrected chi connectivity index (χ0v) is 11.9. The van der Waals surface area contributed by atoms with E-state index < -0.39 is 17.7 Å². The van der Waals surface area contributed by atoms with Crippen molar-refractivity contribution < 1.29 is 31.1 Å². The van der Waals surface area contributed by atoms with Gasteiger partial charge in [0.2, 0.25) is 29.5 Å². The van der Waals surface area contributed by atoms with E-state index in [4.69, 9.17) is 0 Å². The Morgan fingerprint density at radius 1 is 0.667 bits per heavy atom. The van der Waals surface area contributed by atoms with Crippen LogP contribution >= 0.6 is 0 Å². The topological polar surface area (TPSA) is 146 Å². The van der Waals surface area contributed by atoms with Crippen LogP contribution in [0.3, 0.4) is 0 Å². The Hall–Kier alpha value is -2.65. The van der Waals surface area contributed by atoms with E-state index in [1.54, 1.807) is 0 Å². The molecule has 0 saturated heterocycles. The Labute approximate surface area is 128 Å². The first-order valence-electron chi connectivity index (χ1n) is 6.10. The van der Waals surface area contributed by atoms with Crippen LogP contribution in [-0.2, 0) is 24.0 Å². The number of hydrogen-bond donors (Lipinski definition) is 5. The third-order valence-corrected chi connectivity index (χ3v) is 2.12. The highest BCUT2D eigenvalue weighted by Crippen LogP contribution is 1.70. The van der Waals surface area contributed by atoms with Gasteiger partial charge in [-0.3, -0.25) is 24.0 Å². The fraction of sp³-hybridized carbons (Fsp3) is 0.545. The van der Waals surface area contributed by atoms with Crippen LogP contribution in [0, 0.1) is 0 Å². The lowest BCUT2D eigenvalue weighted by Gasteiger charge is -2.07. The molecule has 0 unspecified atom stereocenters.